The van der Waals surface area contributed by atoms with Crippen LogP contribution in [0.15, 0.2) is 24.3 Å². The number of alkyl halides is 1. The Kier molecular flexibility index (Phi) is 4.35. The van der Waals surface area contributed by atoms with E-state index >= 15 is 0 Å². The third kappa shape index (κ3) is 2.55. The summed E-state index contributed by atoms with van der Waals surface area (Å²) in [7, 11) is 0. The lowest BCUT2D eigenvalue weighted by Gasteiger charge is -2.40. The summed E-state index contributed by atoms with van der Waals surface area (Å²) in [4.78, 5) is 0. The molecule has 0 saturated heterocycles. The molecule has 0 N–H and O–H groups in total. The minimum Gasteiger partial charge on any atom is -0.369 e. The molecule has 0 aromatic heterocycles. The van der Waals surface area contributed by atoms with Gasteiger partial charge in [-0.2, -0.15) is 0 Å². The molecule has 2 fully saturated rings. The van der Waals surface area contributed by atoms with Crippen LogP contribution < -0.4 is 0 Å². The molecule has 0 amide bonds. The maximum atomic E-state index is 6.61. The van der Waals surface area contributed by atoms with E-state index in [1.807, 2.05) is 18.2 Å². The number of rotatable bonds is 4. The normalized spacial score (nSPS) is 35.1. The van der Waals surface area contributed by atoms with Gasteiger partial charge in [-0.3, -0.25) is 0 Å². The highest BCUT2D eigenvalue weighted by Crippen LogP contribution is 2.66. The minimum atomic E-state index is 0.154. The van der Waals surface area contributed by atoms with Crippen molar-refractivity contribution in [1.82, 2.24) is 0 Å². The standard InChI is InChI=1S/C18H24ClIO/c1-17(2)13-7-8-18(17,3)16(10-13)21-15(11-20)12-5-4-6-14(19)9-12/h4-6,9,13,15-16H,7-8,10-11H2,1-3H3. The lowest BCUT2D eigenvalue weighted by atomic mass is 9.70. The summed E-state index contributed by atoms with van der Waals surface area (Å²) < 4.78 is 7.58. The summed E-state index contributed by atoms with van der Waals surface area (Å²) in [6.07, 6.45) is 4.43. The van der Waals surface area contributed by atoms with Crippen molar-refractivity contribution in [2.45, 2.75) is 52.2 Å². The first-order valence-corrected chi connectivity index (χ1v) is 9.76. The largest absolute Gasteiger partial charge is 0.369 e. The molecule has 1 aromatic carbocycles. The molecule has 2 saturated carbocycles. The van der Waals surface area contributed by atoms with E-state index in [0.717, 1.165) is 15.4 Å². The second-order valence-corrected chi connectivity index (χ2v) is 8.75. The van der Waals surface area contributed by atoms with Gasteiger partial charge in [0.2, 0.25) is 0 Å². The van der Waals surface area contributed by atoms with Crippen LogP contribution in [-0.4, -0.2) is 10.5 Å². The zero-order valence-electron chi connectivity index (χ0n) is 13.0. The van der Waals surface area contributed by atoms with E-state index in [-0.39, 0.29) is 6.10 Å². The van der Waals surface area contributed by atoms with Crippen molar-refractivity contribution in [2.24, 2.45) is 16.7 Å². The second kappa shape index (κ2) is 5.68. The van der Waals surface area contributed by atoms with Gasteiger partial charge in [-0.1, -0.05) is 67.1 Å². The fourth-order valence-corrected chi connectivity index (χ4v) is 5.36. The summed E-state index contributed by atoms with van der Waals surface area (Å²) in [5, 5.41) is 0.797. The topological polar surface area (TPSA) is 9.23 Å². The molecule has 3 heteroatoms. The van der Waals surface area contributed by atoms with Gasteiger partial charge in [-0.25, -0.2) is 0 Å². The van der Waals surface area contributed by atoms with Crippen molar-refractivity contribution < 1.29 is 4.74 Å². The quantitative estimate of drug-likeness (QED) is 0.427. The summed E-state index contributed by atoms with van der Waals surface area (Å²) in [6, 6.07) is 8.13. The van der Waals surface area contributed by atoms with Gasteiger partial charge in [0.1, 0.15) is 0 Å². The van der Waals surface area contributed by atoms with Crippen LogP contribution in [0.4, 0.5) is 0 Å². The van der Waals surface area contributed by atoms with Gasteiger partial charge in [0, 0.05) is 9.45 Å². The first-order valence-electron chi connectivity index (χ1n) is 7.85. The molecule has 2 aliphatic carbocycles. The Bertz CT molecular complexity index is 530. The molecular weight excluding hydrogens is 395 g/mol. The highest BCUT2D eigenvalue weighted by Gasteiger charge is 2.62. The van der Waals surface area contributed by atoms with Crippen LogP contribution in [0.25, 0.3) is 0 Å². The molecule has 116 valence electrons. The predicted molar refractivity (Wildman–Crippen MR) is 97.2 cm³/mol. The first kappa shape index (κ1) is 16.1. The van der Waals surface area contributed by atoms with Gasteiger partial charge in [-0.05, 0) is 53.7 Å². The first-order chi connectivity index (χ1) is 9.88. The maximum Gasteiger partial charge on any atom is 0.0918 e. The smallest absolute Gasteiger partial charge is 0.0918 e. The molecule has 4 unspecified atom stereocenters. The molecule has 0 spiro atoms. The number of halogens is 2. The molecule has 0 radical (unpaired) electrons. The Morgan fingerprint density at radius 3 is 2.67 bits per heavy atom. The molecule has 0 heterocycles. The molecule has 2 aliphatic rings. The van der Waals surface area contributed by atoms with E-state index in [0.29, 0.717) is 16.9 Å². The van der Waals surface area contributed by atoms with Crippen molar-refractivity contribution in [3.8, 4) is 0 Å². The fraction of sp³-hybridized carbons (Fsp3) is 0.667. The molecule has 1 aromatic rings. The van der Waals surface area contributed by atoms with Gasteiger partial charge < -0.3 is 4.74 Å². The van der Waals surface area contributed by atoms with Crippen LogP contribution in [0.3, 0.4) is 0 Å². The molecule has 4 atom stereocenters. The highest BCUT2D eigenvalue weighted by molar-refractivity contribution is 14.1. The van der Waals surface area contributed by atoms with Crippen molar-refractivity contribution in [1.29, 1.82) is 0 Å². The average Bonchev–Trinajstić information content (AvgIpc) is 2.77. The minimum absolute atomic E-state index is 0.154. The van der Waals surface area contributed by atoms with E-state index in [4.69, 9.17) is 16.3 Å². The fourth-order valence-electron chi connectivity index (χ4n) is 4.45. The number of ether oxygens (including phenoxy) is 1. The van der Waals surface area contributed by atoms with Crippen LogP contribution >= 0.6 is 34.2 Å². The summed E-state index contributed by atoms with van der Waals surface area (Å²) in [5.41, 5.74) is 1.93. The van der Waals surface area contributed by atoms with E-state index in [1.165, 1.54) is 24.8 Å². The molecule has 2 bridgehead atoms. The molecule has 1 nitrogen and oxygen atoms in total. The SMILES string of the molecule is CC1(C)C2CCC1(C)C(OC(CI)c1cccc(Cl)c1)C2. The lowest BCUT2D eigenvalue weighted by Crippen LogP contribution is -2.38. The summed E-state index contributed by atoms with van der Waals surface area (Å²) in [5.74, 6) is 0.821. The van der Waals surface area contributed by atoms with Gasteiger partial charge >= 0.3 is 0 Å². The Hall–Kier alpha value is 0.200. The maximum absolute atomic E-state index is 6.61. The Morgan fingerprint density at radius 2 is 2.14 bits per heavy atom. The molecular formula is C18H24ClIO. The Balaban J connectivity index is 1.80. The monoisotopic (exact) mass is 418 g/mol. The number of fused-ring (bicyclic) bond motifs is 2. The lowest BCUT2D eigenvalue weighted by molar-refractivity contribution is -0.0792. The molecule has 0 aliphatic heterocycles. The number of benzene rings is 1. The van der Waals surface area contributed by atoms with Gasteiger partial charge in [-0.15, -0.1) is 0 Å². The van der Waals surface area contributed by atoms with Crippen LogP contribution in [0.5, 0.6) is 0 Å². The van der Waals surface area contributed by atoms with Crippen LogP contribution in [0, 0.1) is 16.7 Å². The van der Waals surface area contributed by atoms with Gasteiger partial charge in [0.05, 0.1) is 12.2 Å². The highest BCUT2D eigenvalue weighted by atomic mass is 127. The van der Waals surface area contributed by atoms with Gasteiger partial charge in [0.15, 0.2) is 0 Å². The molecule has 21 heavy (non-hydrogen) atoms. The predicted octanol–water partition coefficient (Wildman–Crippen LogP) is 6.05. The van der Waals surface area contributed by atoms with Crippen molar-refractivity contribution in [2.75, 3.05) is 4.43 Å². The molecule has 3 rings (SSSR count). The zero-order valence-corrected chi connectivity index (χ0v) is 15.9. The van der Waals surface area contributed by atoms with E-state index in [1.54, 1.807) is 0 Å². The van der Waals surface area contributed by atoms with Crippen molar-refractivity contribution >= 4 is 34.2 Å². The number of hydrogen-bond donors (Lipinski definition) is 0. The summed E-state index contributed by atoms with van der Waals surface area (Å²) in [6.45, 7) is 7.31. The van der Waals surface area contributed by atoms with E-state index < -0.39 is 0 Å². The number of hydrogen-bond acceptors (Lipinski definition) is 1. The summed E-state index contributed by atoms with van der Waals surface area (Å²) >= 11 is 8.57. The van der Waals surface area contributed by atoms with Crippen LogP contribution in [-0.2, 0) is 4.74 Å². The second-order valence-electron chi connectivity index (χ2n) is 7.43. The van der Waals surface area contributed by atoms with Gasteiger partial charge in [0.25, 0.3) is 0 Å². The zero-order chi connectivity index (χ0) is 15.3. The third-order valence-electron chi connectivity index (χ3n) is 6.40. The van der Waals surface area contributed by atoms with E-state index in [2.05, 4.69) is 49.4 Å². The Labute approximate surface area is 146 Å². The van der Waals surface area contributed by atoms with Crippen LogP contribution in [0.1, 0.15) is 51.7 Å². The van der Waals surface area contributed by atoms with E-state index in [9.17, 15) is 0 Å². The Morgan fingerprint density at radius 1 is 1.38 bits per heavy atom. The third-order valence-corrected chi connectivity index (χ3v) is 7.44. The van der Waals surface area contributed by atoms with Crippen molar-refractivity contribution in [3.05, 3.63) is 34.9 Å². The van der Waals surface area contributed by atoms with Crippen molar-refractivity contribution in [3.63, 3.8) is 0 Å². The van der Waals surface area contributed by atoms with Crippen LogP contribution in [0.2, 0.25) is 5.02 Å². The average molecular weight is 419 g/mol.